The second-order valence-corrected chi connectivity index (χ2v) is 4.45. The Morgan fingerprint density at radius 3 is 2.94 bits per heavy atom. The Morgan fingerprint density at radius 1 is 1.18 bits per heavy atom. The molecule has 1 fully saturated rings. The topological polar surface area (TPSA) is 17.4 Å². The van der Waals surface area contributed by atoms with Gasteiger partial charge in [0.25, 0.3) is 0 Å². The molecule has 0 spiro atoms. The highest BCUT2D eigenvalue weighted by Gasteiger charge is 2.10. The Hall–Kier alpha value is -1.32. The van der Waals surface area contributed by atoms with Gasteiger partial charge in [-0.05, 0) is 23.6 Å². The summed E-state index contributed by atoms with van der Waals surface area (Å²) in [5.41, 5.74) is 1.28. The van der Waals surface area contributed by atoms with Crippen molar-refractivity contribution in [2.24, 2.45) is 0 Å². The van der Waals surface area contributed by atoms with Gasteiger partial charge in [-0.25, -0.2) is 0 Å². The Bertz CT molecular complexity index is 486. The lowest BCUT2D eigenvalue weighted by Gasteiger charge is -2.26. The Kier molecular flexibility index (Phi) is 3.12. The summed E-state index contributed by atoms with van der Waals surface area (Å²) < 4.78 is 7.66. The van der Waals surface area contributed by atoms with E-state index in [0.29, 0.717) is 0 Å². The van der Waals surface area contributed by atoms with E-state index in [1.54, 1.807) is 0 Å². The molecule has 89 valence electrons. The summed E-state index contributed by atoms with van der Waals surface area (Å²) in [7, 11) is 0. The zero-order valence-electron chi connectivity index (χ0n) is 9.93. The molecule has 3 rings (SSSR count). The Balaban J connectivity index is 1.68. The maximum absolute atomic E-state index is 5.35. The van der Waals surface area contributed by atoms with E-state index >= 15 is 0 Å². The standard InChI is InChI=1S/C14H17N2O/c1-2-4-14-13(3-1)5-6-16(14)8-7-15-9-11-17-12-10-15/h1,3-6H,7-12H2. The zero-order valence-corrected chi connectivity index (χ0v) is 9.93. The summed E-state index contributed by atoms with van der Waals surface area (Å²) in [5.74, 6) is 0. The molecule has 1 aromatic carbocycles. The summed E-state index contributed by atoms with van der Waals surface area (Å²) >= 11 is 0. The molecule has 0 amide bonds. The zero-order chi connectivity index (χ0) is 11.5. The number of ether oxygens (including phenoxy) is 1. The van der Waals surface area contributed by atoms with Crippen LogP contribution in [0, 0.1) is 6.07 Å². The number of fused-ring (bicyclic) bond motifs is 1. The third-order valence-electron chi connectivity index (χ3n) is 3.38. The average molecular weight is 229 g/mol. The summed E-state index contributed by atoms with van der Waals surface area (Å²) in [6, 6.07) is 11.5. The van der Waals surface area contributed by atoms with E-state index in [4.69, 9.17) is 4.74 Å². The maximum atomic E-state index is 5.35. The third kappa shape index (κ3) is 2.35. The first-order chi connectivity index (χ1) is 8.43. The van der Waals surface area contributed by atoms with Crippen LogP contribution in [-0.2, 0) is 11.3 Å². The number of hydrogen-bond acceptors (Lipinski definition) is 2. The monoisotopic (exact) mass is 229 g/mol. The van der Waals surface area contributed by atoms with Crippen LogP contribution in [0.1, 0.15) is 0 Å². The second-order valence-electron chi connectivity index (χ2n) is 4.45. The van der Waals surface area contributed by atoms with Gasteiger partial charge in [0.05, 0.1) is 13.2 Å². The van der Waals surface area contributed by atoms with Gasteiger partial charge in [0.15, 0.2) is 0 Å². The molecule has 0 aliphatic carbocycles. The van der Waals surface area contributed by atoms with Crippen LogP contribution < -0.4 is 0 Å². The van der Waals surface area contributed by atoms with Crippen LogP contribution in [0.15, 0.2) is 30.5 Å². The molecule has 1 saturated heterocycles. The van der Waals surface area contributed by atoms with Crippen molar-refractivity contribution < 1.29 is 4.74 Å². The van der Waals surface area contributed by atoms with Gasteiger partial charge in [0.2, 0.25) is 0 Å². The highest BCUT2D eigenvalue weighted by atomic mass is 16.5. The molecule has 0 saturated carbocycles. The van der Waals surface area contributed by atoms with Crippen LogP contribution in [0.5, 0.6) is 0 Å². The summed E-state index contributed by atoms with van der Waals surface area (Å²) in [4.78, 5) is 2.46. The smallest absolute Gasteiger partial charge is 0.0594 e. The normalized spacial score (nSPS) is 17.6. The molecule has 17 heavy (non-hydrogen) atoms. The van der Waals surface area contributed by atoms with E-state index in [1.165, 1.54) is 10.9 Å². The number of aromatic nitrogens is 1. The first-order valence-corrected chi connectivity index (χ1v) is 6.18. The Labute approximate surface area is 102 Å². The summed E-state index contributed by atoms with van der Waals surface area (Å²) in [6.45, 7) is 6.01. The quantitative estimate of drug-likeness (QED) is 0.798. The van der Waals surface area contributed by atoms with E-state index in [9.17, 15) is 0 Å². The fourth-order valence-corrected chi connectivity index (χ4v) is 2.34. The van der Waals surface area contributed by atoms with Gasteiger partial charge in [-0.3, -0.25) is 4.90 Å². The van der Waals surface area contributed by atoms with Crippen LogP contribution in [0.4, 0.5) is 0 Å². The minimum Gasteiger partial charge on any atom is -0.379 e. The van der Waals surface area contributed by atoms with E-state index in [2.05, 4.69) is 39.9 Å². The van der Waals surface area contributed by atoms with E-state index in [1.807, 2.05) is 6.07 Å². The van der Waals surface area contributed by atoms with Gasteiger partial charge in [-0.15, -0.1) is 0 Å². The van der Waals surface area contributed by atoms with Crippen LogP contribution >= 0.6 is 0 Å². The number of nitrogens with zero attached hydrogens (tertiary/aromatic N) is 2. The molecule has 2 heterocycles. The van der Waals surface area contributed by atoms with E-state index in [0.717, 1.165) is 39.4 Å². The molecule has 0 bridgehead atoms. The molecule has 0 N–H and O–H groups in total. The van der Waals surface area contributed by atoms with Gasteiger partial charge in [0.1, 0.15) is 0 Å². The van der Waals surface area contributed by atoms with Crippen LogP contribution in [-0.4, -0.2) is 42.3 Å². The van der Waals surface area contributed by atoms with Crippen molar-refractivity contribution in [2.75, 3.05) is 32.8 Å². The lowest BCUT2D eigenvalue weighted by atomic mass is 10.2. The molecule has 1 aliphatic rings. The number of rotatable bonds is 3. The lowest BCUT2D eigenvalue weighted by molar-refractivity contribution is 0.0365. The fraction of sp³-hybridized carbons (Fsp3) is 0.429. The highest BCUT2D eigenvalue weighted by molar-refractivity contribution is 5.79. The van der Waals surface area contributed by atoms with Gasteiger partial charge < -0.3 is 9.30 Å². The minimum atomic E-state index is 0.875. The Morgan fingerprint density at radius 2 is 2.06 bits per heavy atom. The van der Waals surface area contributed by atoms with Crippen LogP contribution in [0.3, 0.4) is 0 Å². The van der Waals surface area contributed by atoms with E-state index in [-0.39, 0.29) is 0 Å². The van der Waals surface area contributed by atoms with Crippen molar-refractivity contribution in [3.63, 3.8) is 0 Å². The van der Waals surface area contributed by atoms with Crippen molar-refractivity contribution in [3.8, 4) is 0 Å². The second kappa shape index (κ2) is 4.90. The first-order valence-electron chi connectivity index (χ1n) is 6.18. The molecule has 1 aliphatic heterocycles. The van der Waals surface area contributed by atoms with Gasteiger partial charge >= 0.3 is 0 Å². The SMILES string of the molecule is [c]1ccc2ccn(CCN3CCOCC3)c2c1. The lowest BCUT2D eigenvalue weighted by Crippen LogP contribution is -2.38. The minimum absolute atomic E-state index is 0.875. The number of benzene rings is 1. The van der Waals surface area contributed by atoms with Gasteiger partial charge in [0, 0.05) is 37.9 Å². The molecule has 1 radical (unpaired) electrons. The average Bonchev–Trinajstić information content (AvgIpc) is 2.81. The molecular formula is C14H17N2O. The largest absolute Gasteiger partial charge is 0.379 e. The van der Waals surface area contributed by atoms with Gasteiger partial charge in [-0.1, -0.05) is 12.1 Å². The molecule has 3 heteroatoms. The molecule has 2 aromatic rings. The van der Waals surface area contributed by atoms with Gasteiger partial charge in [-0.2, -0.15) is 0 Å². The first kappa shape index (κ1) is 10.8. The predicted molar refractivity (Wildman–Crippen MR) is 68.0 cm³/mol. The fourth-order valence-electron chi connectivity index (χ4n) is 2.34. The predicted octanol–water partition coefficient (Wildman–Crippen LogP) is 1.77. The molecule has 3 nitrogen and oxygen atoms in total. The van der Waals surface area contributed by atoms with Crippen molar-refractivity contribution in [2.45, 2.75) is 6.54 Å². The maximum Gasteiger partial charge on any atom is 0.0594 e. The van der Waals surface area contributed by atoms with Crippen molar-refractivity contribution >= 4 is 10.9 Å². The highest BCUT2D eigenvalue weighted by Crippen LogP contribution is 2.14. The molecule has 0 atom stereocenters. The van der Waals surface area contributed by atoms with Crippen LogP contribution in [0.25, 0.3) is 10.9 Å². The molecule has 1 aromatic heterocycles. The van der Waals surface area contributed by atoms with Crippen molar-refractivity contribution in [1.29, 1.82) is 0 Å². The number of morpholine rings is 1. The van der Waals surface area contributed by atoms with Crippen LogP contribution in [0.2, 0.25) is 0 Å². The van der Waals surface area contributed by atoms with Crippen molar-refractivity contribution in [3.05, 3.63) is 36.5 Å². The molecular weight excluding hydrogens is 212 g/mol. The van der Waals surface area contributed by atoms with E-state index < -0.39 is 0 Å². The summed E-state index contributed by atoms with van der Waals surface area (Å²) in [5, 5.41) is 1.30. The summed E-state index contributed by atoms with van der Waals surface area (Å²) in [6.07, 6.45) is 2.17. The molecule has 0 unspecified atom stereocenters. The van der Waals surface area contributed by atoms with Crippen molar-refractivity contribution in [1.82, 2.24) is 9.47 Å². The third-order valence-corrected chi connectivity index (χ3v) is 3.38. The number of hydrogen-bond donors (Lipinski definition) is 0.